The molecule has 2 aromatic rings. The van der Waals surface area contributed by atoms with Gasteiger partial charge >= 0.3 is 0 Å². The number of Topliss-reactive ketones (excluding diaryl/α,β-unsaturated/α-hetero) is 1. The van der Waals surface area contributed by atoms with Crippen LogP contribution in [-0.4, -0.2) is 23.4 Å². The van der Waals surface area contributed by atoms with Crippen molar-refractivity contribution in [3.63, 3.8) is 0 Å². The lowest BCUT2D eigenvalue weighted by Crippen LogP contribution is -2.36. The van der Waals surface area contributed by atoms with Crippen molar-refractivity contribution in [2.24, 2.45) is 10.9 Å². The summed E-state index contributed by atoms with van der Waals surface area (Å²) >= 11 is 0. The lowest BCUT2D eigenvalue weighted by molar-refractivity contribution is -0.111. The molecular formula is C30H40N2O2. The highest BCUT2D eigenvalue weighted by Gasteiger charge is 2.15. The van der Waals surface area contributed by atoms with Gasteiger partial charge in [0.05, 0.1) is 11.4 Å². The number of carbonyl (C=O) groups is 2. The SMILES string of the molecule is C/C=C(\N=C(C)C(C)=O)c1ccc(C[C@@H](CCC)NC(=O)c2ccc(CC(C)C)c(C)c2)cc1. The maximum Gasteiger partial charge on any atom is 0.251 e. The zero-order valence-electron chi connectivity index (χ0n) is 21.9. The number of hydrogen-bond acceptors (Lipinski definition) is 3. The van der Waals surface area contributed by atoms with Crippen molar-refractivity contribution in [3.8, 4) is 0 Å². The van der Waals surface area contributed by atoms with Gasteiger partial charge in [0.15, 0.2) is 5.78 Å². The van der Waals surface area contributed by atoms with Crippen LogP contribution in [0.1, 0.15) is 87.0 Å². The molecule has 1 atom stereocenters. The van der Waals surface area contributed by atoms with Gasteiger partial charge in [0.1, 0.15) is 0 Å². The molecular weight excluding hydrogens is 420 g/mol. The second-order valence-corrected chi connectivity index (χ2v) is 9.53. The molecule has 34 heavy (non-hydrogen) atoms. The van der Waals surface area contributed by atoms with Gasteiger partial charge in [-0.25, -0.2) is 4.99 Å². The Kier molecular flexibility index (Phi) is 10.4. The molecule has 0 aliphatic carbocycles. The molecule has 0 aliphatic heterocycles. The van der Waals surface area contributed by atoms with Gasteiger partial charge < -0.3 is 5.32 Å². The minimum absolute atomic E-state index is 0.0143. The molecule has 0 spiro atoms. The van der Waals surface area contributed by atoms with E-state index < -0.39 is 0 Å². The van der Waals surface area contributed by atoms with Gasteiger partial charge in [0.2, 0.25) is 0 Å². The van der Waals surface area contributed by atoms with Crippen LogP contribution in [0.25, 0.3) is 5.70 Å². The number of allylic oxidation sites excluding steroid dienone is 1. The fraction of sp³-hybridized carbons (Fsp3) is 0.433. The van der Waals surface area contributed by atoms with E-state index in [1.54, 1.807) is 6.92 Å². The molecule has 0 heterocycles. The Morgan fingerprint density at radius 3 is 2.18 bits per heavy atom. The second kappa shape index (κ2) is 13.0. The number of hydrogen-bond donors (Lipinski definition) is 1. The normalized spacial score (nSPS) is 13.2. The van der Waals surface area contributed by atoms with Crippen LogP contribution < -0.4 is 5.32 Å². The molecule has 4 nitrogen and oxygen atoms in total. The summed E-state index contributed by atoms with van der Waals surface area (Å²) in [5.74, 6) is 0.547. The predicted octanol–water partition coefficient (Wildman–Crippen LogP) is 6.75. The van der Waals surface area contributed by atoms with Crippen molar-refractivity contribution in [1.82, 2.24) is 5.32 Å². The number of ketones is 1. The minimum atomic E-state index is -0.0288. The van der Waals surface area contributed by atoms with E-state index in [0.717, 1.165) is 48.1 Å². The second-order valence-electron chi connectivity index (χ2n) is 9.53. The summed E-state index contributed by atoms with van der Waals surface area (Å²) in [5.41, 5.74) is 6.61. The molecule has 0 radical (unpaired) electrons. The number of aliphatic imine (C=N–C) groups is 1. The summed E-state index contributed by atoms with van der Waals surface area (Å²) in [7, 11) is 0. The zero-order chi connectivity index (χ0) is 25.3. The van der Waals surface area contributed by atoms with Gasteiger partial charge in [-0.1, -0.05) is 63.6 Å². The number of amides is 1. The van der Waals surface area contributed by atoms with Gasteiger partial charge in [-0.05, 0) is 80.3 Å². The molecule has 0 saturated carbocycles. The van der Waals surface area contributed by atoms with Crippen LogP contribution in [0.5, 0.6) is 0 Å². The van der Waals surface area contributed by atoms with Crippen molar-refractivity contribution < 1.29 is 9.59 Å². The van der Waals surface area contributed by atoms with Gasteiger partial charge in [0, 0.05) is 18.5 Å². The Morgan fingerprint density at radius 1 is 1.00 bits per heavy atom. The Labute approximate surface area is 205 Å². The molecule has 1 amide bonds. The van der Waals surface area contributed by atoms with Crippen LogP contribution in [0.3, 0.4) is 0 Å². The Bertz CT molecular complexity index is 1050. The molecule has 1 N–H and O–H groups in total. The molecule has 0 aliphatic rings. The molecule has 0 bridgehead atoms. The van der Waals surface area contributed by atoms with Crippen molar-refractivity contribution >= 4 is 23.1 Å². The smallest absolute Gasteiger partial charge is 0.251 e. The van der Waals surface area contributed by atoms with Crippen molar-refractivity contribution in [2.75, 3.05) is 0 Å². The Morgan fingerprint density at radius 2 is 1.65 bits per heavy atom. The summed E-state index contributed by atoms with van der Waals surface area (Å²) in [6.07, 6.45) is 5.62. The lowest BCUT2D eigenvalue weighted by Gasteiger charge is -2.19. The van der Waals surface area contributed by atoms with E-state index in [2.05, 4.69) is 56.2 Å². The zero-order valence-corrected chi connectivity index (χ0v) is 21.9. The van der Waals surface area contributed by atoms with E-state index in [4.69, 9.17) is 0 Å². The fourth-order valence-electron chi connectivity index (χ4n) is 4.00. The maximum absolute atomic E-state index is 13.0. The van der Waals surface area contributed by atoms with Crippen molar-refractivity contribution in [3.05, 3.63) is 76.4 Å². The number of nitrogens with zero attached hydrogens (tertiary/aromatic N) is 1. The van der Waals surface area contributed by atoms with E-state index in [1.165, 1.54) is 18.1 Å². The molecule has 0 unspecified atom stereocenters. The third-order valence-corrected chi connectivity index (χ3v) is 6.01. The highest BCUT2D eigenvalue weighted by atomic mass is 16.1. The number of aryl methyl sites for hydroxylation is 1. The van der Waals surface area contributed by atoms with Crippen LogP contribution >= 0.6 is 0 Å². The Balaban J connectivity index is 2.11. The van der Waals surface area contributed by atoms with E-state index in [0.29, 0.717) is 11.6 Å². The quantitative estimate of drug-likeness (QED) is 0.377. The first-order valence-electron chi connectivity index (χ1n) is 12.4. The summed E-state index contributed by atoms with van der Waals surface area (Å²) in [5, 5.41) is 3.25. The lowest BCUT2D eigenvalue weighted by atomic mass is 9.96. The molecule has 0 aromatic heterocycles. The molecule has 0 fully saturated rings. The van der Waals surface area contributed by atoms with E-state index >= 15 is 0 Å². The van der Waals surface area contributed by atoms with Gasteiger partial charge in [-0.15, -0.1) is 0 Å². The minimum Gasteiger partial charge on any atom is -0.349 e. The molecule has 4 heteroatoms. The van der Waals surface area contributed by atoms with Gasteiger partial charge in [-0.3, -0.25) is 9.59 Å². The number of benzene rings is 2. The topological polar surface area (TPSA) is 58.5 Å². The summed E-state index contributed by atoms with van der Waals surface area (Å²) in [6, 6.07) is 14.3. The van der Waals surface area contributed by atoms with Crippen LogP contribution in [0.4, 0.5) is 0 Å². The maximum atomic E-state index is 13.0. The summed E-state index contributed by atoms with van der Waals surface area (Å²) < 4.78 is 0. The highest BCUT2D eigenvalue weighted by Crippen LogP contribution is 2.19. The average molecular weight is 461 g/mol. The molecule has 0 saturated heterocycles. The first-order valence-corrected chi connectivity index (χ1v) is 12.4. The molecule has 2 rings (SSSR count). The fourth-order valence-corrected chi connectivity index (χ4v) is 4.00. The van der Waals surface area contributed by atoms with E-state index in [1.807, 2.05) is 37.3 Å². The average Bonchev–Trinajstić information content (AvgIpc) is 2.79. The monoisotopic (exact) mass is 460 g/mol. The number of carbonyl (C=O) groups excluding carboxylic acids is 2. The molecule has 182 valence electrons. The van der Waals surface area contributed by atoms with Crippen LogP contribution in [0.2, 0.25) is 0 Å². The van der Waals surface area contributed by atoms with Crippen LogP contribution in [0.15, 0.2) is 53.5 Å². The van der Waals surface area contributed by atoms with Crippen molar-refractivity contribution in [1.29, 1.82) is 0 Å². The van der Waals surface area contributed by atoms with Gasteiger partial charge in [0.25, 0.3) is 5.91 Å². The largest absolute Gasteiger partial charge is 0.349 e. The number of rotatable bonds is 11. The van der Waals surface area contributed by atoms with Crippen LogP contribution in [-0.2, 0) is 17.6 Å². The summed E-state index contributed by atoms with van der Waals surface area (Å²) in [6.45, 7) is 13.8. The van der Waals surface area contributed by atoms with Gasteiger partial charge in [-0.2, -0.15) is 0 Å². The first kappa shape index (κ1) is 27.2. The van der Waals surface area contributed by atoms with Crippen molar-refractivity contribution in [2.45, 2.75) is 80.2 Å². The predicted molar refractivity (Wildman–Crippen MR) is 143 cm³/mol. The van der Waals surface area contributed by atoms with E-state index in [9.17, 15) is 9.59 Å². The first-order chi connectivity index (χ1) is 16.1. The summed E-state index contributed by atoms with van der Waals surface area (Å²) in [4.78, 5) is 29.0. The third-order valence-electron chi connectivity index (χ3n) is 6.01. The Hall–Kier alpha value is -3.01. The van der Waals surface area contributed by atoms with E-state index in [-0.39, 0.29) is 17.7 Å². The standard InChI is InChI=1S/C30H40N2O2/c1-8-10-28(32-30(34)27-16-15-26(17-20(3)4)21(5)18-27)19-24-11-13-25(14-12-24)29(9-2)31-22(6)23(7)33/h9,11-16,18,20,28H,8,10,17,19H2,1-7H3,(H,32,34)/b29-9-,31-22?/t28-/m1/s1. The highest BCUT2D eigenvalue weighted by molar-refractivity contribution is 6.38. The van der Waals surface area contributed by atoms with Crippen LogP contribution in [0, 0.1) is 12.8 Å². The third kappa shape index (κ3) is 8.09. The number of nitrogens with one attached hydrogen (secondary N) is 1. The molecule has 2 aromatic carbocycles.